The number of carbonyl (C=O) groups is 1. The molecule has 1 aromatic heterocycles. The number of oxazole rings is 1. The van der Waals surface area contributed by atoms with Crippen LogP contribution in [-0.2, 0) is 11.2 Å². The summed E-state index contributed by atoms with van der Waals surface area (Å²) in [5.41, 5.74) is 0.128. The van der Waals surface area contributed by atoms with Crippen molar-refractivity contribution in [3.05, 3.63) is 72.3 Å². The summed E-state index contributed by atoms with van der Waals surface area (Å²) in [6, 6.07) is 12.7. The van der Waals surface area contributed by atoms with Gasteiger partial charge in [-0.2, -0.15) is 0 Å². The van der Waals surface area contributed by atoms with Gasteiger partial charge >= 0.3 is 0 Å². The van der Waals surface area contributed by atoms with Crippen LogP contribution in [0.2, 0.25) is 0 Å². The highest BCUT2D eigenvalue weighted by Crippen LogP contribution is 2.24. The maximum atomic E-state index is 13.8. The number of ether oxygens (including phenoxy) is 1. The predicted molar refractivity (Wildman–Crippen MR) is 99.7 cm³/mol. The van der Waals surface area contributed by atoms with E-state index in [9.17, 15) is 13.6 Å². The Hall–Kier alpha value is -3.22. The molecule has 28 heavy (non-hydrogen) atoms. The number of carbonyl (C=O) groups excluding carboxylic acids is 1. The fraction of sp³-hybridized carbons (Fsp3) is 0.238. The van der Waals surface area contributed by atoms with Crippen LogP contribution in [0.5, 0.6) is 5.75 Å². The third kappa shape index (κ3) is 5.64. The molecule has 5 nitrogen and oxygen atoms in total. The van der Waals surface area contributed by atoms with Crippen LogP contribution in [0.1, 0.15) is 18.7 Å². The number of para-hydroxylation sites is 1. The van der Waals surface area contributed by atoms with Gasteiger partial charge in [-0.05, 0) is 30.7 Å². The van der Waals surface area contributed by atoms with Gasteiger partial charge in [-0.1, -0.05) is 18.2 Å². The maximum Gasteiger partial charge on any atom is 0.220 e. The zero-order chi connectivity index (χ0) is 19.8. The van der Waals surface area contributed by atoms with E-state index in [0.717, 1.165) is 17.9 Å². The lowest BCUT2D eigenvalue weighted by Crippen LogP contribution is -2.25. The molecule has 0 aliphatic heterocycles. The SMILES string of the molecule is O=C(CCc1ncc(-c2ccc(F)cc2F)o1)NCCCOc1ccccc1. The molecule has 0 spiro atoms. The van der Waals surface area contributed by atoms with Crippen LogP contribution in [0, 0.1) is 11.6 Å². The quantitative estimate of drug-likeness (QED) is 0.562. The van der Waals surface area contributed by atoms with Gasteiger partial charge in [-0.25, -0.2) is 13.8 Å². The Morgan fingerprint density at radius 2 is 1.96 bits per heavy atom. The molecule has 7 heteroatoms. The fourth-order valence-corrected chi connectivity index (χ4v) is 2.56. The Kier molecular flexibility index (Phi) is 6.73. The zero-order valence-electron chi connectivity index (χ0n) is 15.2. The fourth-order valence-electron chi connectivity index (χ4n) is 2.56. The monoisotopic (exact) mass is 386 g/mol. The topological polar surface area (TPSA) is 64.4 Å². The van der Waals surface area contributed by atoms with E-state index in [-0.39, 0.29) is 30.1 Å². The van der Waals surface area contributed by atoms with Gasteiger partial charge in [0.1, 0.15) is 17.4 Å². The summed E-state index contributed by atoms with van der Waals surface area (Å²) in [7, 11) is 0. The summed E-state index contributed by atoms with van der Waals surface area (Å²) >= 11 is 0. The third-order valence-corrected chi connectivity index (χ3v) is 3.97. The van der Waals surface area contributed by atoms with Crippen LogP contribution < -0.4 is 10.1 Å². The number of hydrogen-bond donors (Lipinski definition) is 1. The molecule has 0 atom stereocenters. The molecular weight excluding hydrogens is 366 g/mol. The Morgan fingerprint density at radius 3 is 2.75 bits per heavy atom. The highest BCUT2D eigenvalue weighted by molar-refractivity contribution is 5.76. The number of nitrogens with zero attached hydrogens (tertiary/aromatic N) is 1. The van der Waals surface area contributed by atoms with Gasteiger partial charge in [0, 0.05) is 25.5 Å². The Morgan fingerprint density at radius 1 is 1.14 bits per heavy atom. The van der Waals surface area contributed by atoms with Crippen LogP contribution in [0.3, 0.4) is 0 Å². The lowest BCUT2D eigenvalue weighted by atomic mass is 10.2. The van der Waals surface area contributed by atoms with Crippen molar-refractivity contribution >= 4 is 5.91 Å². The Balaban J connectivity index is 1.37. The summed E-state index contributed by atoms with van der Waals surface area (Å²) in [4.78, 5) is 15.9. The average molecular weight is 386 g/mol. The van der Waals surface area contributed by atoms with Crippen molar-refractivity contribution in [2.45, 2.75) is 19.3 Å². The van der Waals surface area contributed by atoms with Crippen molar-refractivity contribution < 1.29 is 22.7 Å². The minimum absolute atomic E-state index is 0.128. The van der Waals surface area contributed by atoms with E-state index >= 15 is 0 Å². The van der Waals surface area contributed by atoms with Crippen LogP contribution in [-0.4, -0.2) is 24.0 Å². The number of nitrogens with one attached hydrogen (secondary N) is 1. The van der Waals surface area contributed by atoms with Crippen molar-refractivity contribution in [2.24, 2.45) is 0 Å². The molecule has 0 unspecified atom stereocenters. The number of hydrogen-bond acceptors (Lipinski definition) is 4. The summed E-state index contributed by atoms with van der Waals surface area (Å²) < 4.78 is 37.8. The van der Waals surface area contributed by atoms with E-state index in [0.29, 0.717) is 25.5 Å². The molecule has 3 aromatic rings. The van der Waals surface area contributed by atoms with E-state index in [2.05, 4.69) is 10.3 Å². The van der Waals surface area contributed by atoms with Crippen molar-refractivity contribution in [3.8, 4) is 17.1 Å². The largest absolute Gasteiger partial charge is 0.494 e. The molecule has 0 aliphatic rings. The third-order valence-electron chi connectivity index (χ3n) is 3.97. The highest BCUT2D eigenvalue weighted by atomic mass is 19.1. The van der Waals surface area contributed by atoms with Crippen molar-refractivity contribution in [1.29, 1.82) is 0 Å². The number of amides is 1. The predicted octanol–water partition coefficient (Wildman–Crippen LogP) is 4.14. The first-order valence-corrected chi connectivity index (χ1v) is 8.96. The van der Waals surface area contributed by atoms with Crippen LogP contribution in [0.4, 0.5) is 8.78 Å². The van der Waals surface area contributed by atoms with E-state index in [1.54, 1.807) is 0 Å². The lowest BCUT2D eigenvalue weighted by Gasteiger charge is -2.07. The standard InChI is InChI=1S/C21H20F2N2O3/c22-15-7-8-17(18(23)13-15)19-14-25-21(28-19)10-9-20(26)24-11-4-12-27-16-5-2-1-3-6-16/h1-3,5-8,13-14H,4,9-12H2,(H,24,26). The van der Waals surface area contributed by atoms with Gasteiger partial charge in [0.25, 0.3) is 0 Å². The molecule has 0 bridgehead atoms. The second kappa shape index (κ2) is 9.64. The van der Waals surface area contributed by atoms with E-state index in [4.69, 9.17) is 9.15 Å². The van der Waals surface area contributed by atoms with Gasteiger partial charge < -0.3 is 14.5 Å². The van der Waals surface area contributed by atoms with Gasteiger partial charge in [0.05, 0.1) is 18.4 Å². The van der Waals surface area contributed by atoms with Gasteiger partial charge in [0.15, 0.2) is 11.7 Å². The van der Waals surface area contributed by atoms with Gasteiger partial charge in [-0.3, -0.25) is 4.79 Å². The number of aromatic nitrogens is 1. The summed E-state index contributed by atoms with van der Waals surface area (Å²) in [5, 5.41) is 2.80. The molecule has 146 valence electrons. The molecule has 1 amide bonds. The second-order valence-electron chi connectivity index (χ2n) is 6.11. The molecule has 0 saturated carbocycles. The molecular formula is C21H20F2N2O3. The molecule has 0 radical (unpaired) electrons. The Labute approximate surface area is 161 Å². The molecule has 1 heterocycles. The average Bonchev–Trinajstić information content (AvgIpc) is 3.15. The second-order valence-corrected chi connectivity index (χ2v) is 6.11. The Bertz CT molecular complexity index is 913. The summed E-state index contributed by atoms with van der Waals surface area (Å²) in [6.07, 6.45) is 2.54. The molecule has 0 aliphatic carbocycles. The minimum atomic E-state index is -0.724. The van der Waals surface area contributed by atoms with E-state index in [1.807, 2.05) is 30.3 Å². The normalized spacial score (nSPS) is 10.6. The van der Waals surface area contributed by atoms with Gasteiger partial charge in [0.2, 0.25) is 5.91 Å². The molecule has 0 saturated heterocycles. The molecule has 2 aromatic carbocycles. The van der Waals surface area contributed by atoms with Crippen molar-refractivity contribution in [3.63, 3.8) is 0 Å². The van der Waals surface area contributed by atoms with E-state index < -0.39 is 11.6 Å². The first-order valence-electron chi connectivity index (χ1n) is 8.96. The number of rotatable bonds is 9. The number of aryl methyl sites for hydroxylation is 1. The van der Waals surface area contributed by atoms with Gasteiger partial charge in [-0.15, -0.1) is 0 Å². The first kappa shape index (κ1) is 19.5. The minimum Gasteiger partial charge on any atom is -0.494 e. The first-order chi connectivity index (χ1) is 13.6. The lowest BCUT2D eigenvalue weighted by molar-refractivity contribution is -0.121. The maximum absolute atomic E-state index is 13.8. The van der Waals surface area contributed by atoms with E-state index in [1.165, 1.54) is 12.3 Å². The zero-order valence-corrected chi connectivity index (χ0v) is 15.2. The van der Waals surface area contributed by atoms with Crippen molar-refractivity contribution in [2.75, 3.05) is 13.2 Å². The molecule has 1 N–H and O–H groups in total. The highest BCUT2D eigenvalue weighted by Gasteiger charge is 2.13. The molecule has 0 fully saturated rings. The van der Waals surface area contributed by atoms with Crippen LogP contribution in [0.25, 0.3) is 11.3 Å². The number of benzene rings is 2. The van der Waals surface area contributed by atoms with Crippen LogP contribution in [0.15, 0.2) is 59.1 Å². The summed E-state index contributed by atoms with van der Waals surface area (Å²) in [6.45, 7) is 1.01. The molecule has 3 rings (SSSR count). The summed E-state index contributed by atoms with van der Waals surface area (Å²) in [5.74, 6) is -0.198. The smallest absolute Gasteiger partial charge is 0.220 e. The van der Waals surface area contributed by atoms with Crippen LogP contribution >= 0.6 is 0 Å². The number of halogens is 2. The van der Waals surface area contributed by atoms with Crippen molar-refractivity contribution in [1.82, 2.24) is 10.3 Å².